The number of nitrogens with one attached hydrogen (secondary N) is 1. The molecule has 0 atom stereocenters. The fourth-order valence-corrected chi connectivity index (χ4v) is 3.49. The van der Waals surface area contributed by atoms with E-state index in [1.54, 1.807) is 12.1 Å². The molecule has 1 aromatic carbocycles. The molecule has 122 valence electrons. The number of carbonyl (C=O) groups is 1. The average molecular weight is 324 g/mol. The first-order valence-electron chi connectivity index (χ1n) is 7.47. The van der Waals surface area contributed by atoms with E-state index in [-0.39, 0.29) is 11.3 Å². The van der Waals surface area contributed by atoms with E-state index in [1.807, 2.05) is 6.07 Å². The number of amides is 1. The van der Waals surface area contributed by atoms with Gasteiger partial charge in [-0.3, -0.25) is 9.10 Å². The molecular formula is C16H24N2O3S. The predicted molar refractivity (Wildman–Crippen MR) is 88.7 cm³/mol. The highest BCUT2D eigenvalue weighted by Gasteiger charge is 2.24. The maximum absolute atomic E-state index is 12.2. The van der Waals surface area contributed by atoms with Crippen LogP contribution in [0.15, 0.2) is 18.2 Å². The first-order chi connectivity index (χ1) is 10.1. The third-order valence-corrected chi connectivity index (χ3v) is 4.78. The zero-order chi connectivity index (χ0) is 16.5. The maximum atomic E-state index is 12.2. The largest absolute Gasteiger partial charge is 0.352 e. The minimum Gasteiger partial charge on any atom is -0.352 e. The summed E-state index contributed by atoms with van der Waals surface area (Å²) in [5.74, 6) is -0.116. The summed E-state index contributed by atoms with van der Waals surface area (Å²) in [6.07, 6.45) is 2.78. The number of sulfonamides is 1. The molecule has 0 aliphatic carbocycles. The number of aryl methyl sites for hydroxylation is 1. The Balaban J connectivity index is 2.23. The molecule has 0 saturated heterocycles. The lowest BCUT2D eigenvalue weighted by Crippen LogP contribution is -2.35. The fourth-order valence-electron chi connectivity index (χ4n) is 2.50. The molecule has 1 heterocycles. The van der Waals surface area contributed by atoms with E-state index in [0.29, 0.717) is 24.3 Å². The second kappa shape index (κ2) is 5.91. The summed E-state index contributed by atoms with van der Waals surface area (Å²) in [4.78, 5) is 12.2. The number of fused-ring (bicyclic) bond motifs is 1. The van der Waals surface area contributed by atoms with Crippen LogP contribution in [-0.4, -0.2) is 33.7 Å². The first-order valence-corrected chi connectivity index (χ1v) is 9.32. The highest BCUT2D eigenvalue weighted by Crippen LogP contribution is 2.29. The molecule has 0 bridgehead atoms. The summed E-state index contributed by atoms with van der Waals surface area (Å²) in [5.41, 5.74) is 2.22. The Labute approximate surface area is 132 Å². The quantitative estimate of drug-likeness (QED) is 0.926. The molecule has 0 radical (unpaired) electrons. The van der Waals surface area contributed by atoms with Gasteiger partial charge in [0.1, 0.15) is 0 Å². The monoisotopic (exact) mass is 324 g/mol. The molecule has 6 heteroatoms. The third-order valence-electron chi connectivity index (χ3n) is 3.60. The van der Waals surface area contributed by atoms with Gasteiger partial charge >= 0.3 is 0 Å². The van der Waals surface area contributed by atoms with Crippen LogP contribution in [0.2, 0.25) is 0 Å². The van der Waals surface area contributed by atoms with E-state index in [1.165, 1.54) is 10.6 Å². The van der Waals surface area contributed by atoms with Crippen LogP contribution in [0.5, 0.6) is 0 Å². The van der Waals surface area contributed by atoms with Crippen LogP contribution in [0.4, 0.5) is 5.69 Å². The summed E-state index contributed by atoms with van der Waals surface area (Å²) in [7, 11) is -3.27. The van der Waals surface area contributed by atoms with Crippen molar-refractivity contribution >= 4 is 21.6 Å². The van der Waals surface area contributed by atoms with Crippen LogP contribution in [0.3, 0.4) is 0 Å². The van der Waals surface area contributed by atoms with Gasteiger partial charge in [0.2, 0.25) is 10.0 Å². The van der Waals surface area contributed by atoms with Crippen LogP contribution in [-0.2, 0) is 16.4 Å². The van der Waals surface area contributed by atoms with Gasteiger partial charge in [0.15, 0.2) is 0 Å². The van der Waals surface area contributed by atoms with E-state index in [4.69, 9.17) is 0 Å². The average Bonchev–Trinajstić information content (AvgIpc) is 2.41. The molecule has 0 fully saturated rings. The highest BCUT2D eigenvalue weighted by molar-refractivity contribution is 7.92. The molecule has 1 aliphatic heterocycles. The van der Waals surface area contributed by atoms with Gasteiger partial charge in [-0.15, -0.1) is 0 Å². The minimum atomic E-state index is -3.27. The van der Waals surface area contributed by atoms with E-state index < -0.39 is 10.0 Å². The number of hydrogen-bond acceptors (Lipinski definition) is 3. The van der Waals surface area contributed by atoms with Crippen molar-refractivity contribution in [3.8, 4) is 0 Å². The van der Waals surface area contributed by atoms with Gasteiger partial charge in [-0.2, -0.15) is 0 Å². The standard InChI is InChI=1S/C16H24N2O3S/c1-16(2,3)11-17-15(19)13-7-8-14-12(10-13)6-5-9-18(14)22(4,20)21/h7-8,10H,5-6,9,11H2,1-4H3,(H,17,19). The minimum absolute atomic E-state index is 0.0248. The van der Waals surface area contributed by atoms with Gasteiger partial charge in [0.25, 0.3) is 5.91 Å². The molecule has 5 nitrogen and oxygen atoms in total. The number of nitrogens with zero attached hydrogens (tertiary/aromatic N) is 1. The van der Waals surface area contributed by atoms with Gasteiger partial charge in [0.05, 0.1) is 11.9 Å². The van der Waals surface area contributed by atoms with Crippen molar-refractivity contribution in [2.75, 3.05) is 23.7 Å². The van der Waals surface area contributed by atoms with E-state index in [2.05, 4.69) is 26.1 Å². The van der Waals surface area contributed by atoms with Crippen molar-refractivity contribution in [1.82, 2.24) is 5.32 Å². The zero-order valence-electron chi connectivity index (χ0n) is 13.6. The smallest absolute Gasteiger partial charge is 0.251 e. The first kappa shape index (κ1) is 16.8. The van der Waals surface area contributed by atoms with E-state index in [9.17, 15) is 13.2 Å². The van der Waals surface area contributed by atoms with Gasteiger partial charge < -0.3 is 5.32 Å². The van der Waals surface area contributed by atoms with Crippen molar-refractivity contribution in [1.29, 1.82) is 0 Å². The summed E-state index contributed by atoms with van der Waals surface area (Å²) < 4.78 is 25.1. The number of benzene rings is 1. The number of rotatable bonds is 3. The second-order valence-corrected chi connectivity index (χ2v) is 8.93. The molecular weight excluding hydrogens is 300 g/mol. The Morgan fingerprint density at radius 1 is 1.32 bits per heavy atom. The molecule has 1 amide bonds. The highest BCUT2D eigenvalue weighted by atomic mass is 32.2. The Hall–Kier alpha value is -1.56. The van der Waals surface area contributed by atoms with Crippen molar-refractivity contribution in [3.63, 3.8) is 0 Å². The Morgan fingerprint density at radius 2 is 2.00 bits per heavy atom. The summed E-state index contributed by atoms with van der Waals surface area (Å²) in [6.45, 7) is 7.28. The predicted octanol–water partition coefficient (Wildman–Crippen LogP) is 2.17. The van der Waals surface area contributed by atoms with Crippen LogP contribution in [0.25, 0.3) is 0 Å². The van der Waals surface area contributed by atoms with Crippen molar-refractivity contribution in [2.24, 2.45) is 5.41 Å². The van der Waals surface area contributed by atoms with Crippen molar-refractivity contribution in [2.45, 2.75) is 33.6 Å². The Kier molecular flexibility index (Phi) is 4.52. The molecule has 0 saturated carbocycles. The summed E-state index contributed by atoms with van der Waals surface area (Å²) >= 11 is 0. The number of anilines is 1. The molecule has 2 rings (SSSR count). The van der Waals surface area contributed by atoms with Gasteiger partial charge in [-0.25, -0.2) is 8.42 Å². The Morgan fingerprint density at radius 3 is 2.59 bits per heavy atom. The zero-order valence-corrected chi connectivity index (χ0v) is 14.5. The van der Waals surface area contributed by atoms with Crippen molar-refractivity contribution < 1.29 is 13.2 Å². The van der Waals surface area contributed by atoms with Crippen molar-refractivity contribution in [3.05, 3.63) is 29.3 Å². The van der Waals surface area contributed by atoms with Crippen LogP contribution < -0.4 is 9.62 Å². The molecule has 0 unspecified atom stereocenters. The van der Waals surface area contributed by atoms with Crippen LogP contribution >= 0.6 is 0 Å². The molecule has 22 heavy (non-hydrogen) atoms. The van der Waals surface area contributed by atoms with Gasteiger partial charge in [-0.05, 0) is 42.0 Å². The van der Waals surface area contributed by atoms with E-state index >= 15 is 0 Å². The summed E-state index contributed by atoms with van der Waals surface area (Å²) in [6, 6.07) is 5.24. The van der Waals surface area contributed by atoms with E-state index in [0.717, 1.165) is 18.4 Å². The van der Waals surface area contributed by atoms with Crippen LogP contribution in [0, 0.1) is 5.41 Å². The molecule has 1 aromatic rings. The molecule has 0 aromatic heterocycles. The topological polar surface area (TPSA) is 66.5 Å². The second-order valence-electron chi connectivity index (χ2n) is 7.03. The molecule has 1 aliphatic rings. The number of carbonyl (C=O) groups excluding carboxylic acids is 1. The third kappa shape index (κ3) is 4.00. The number of hydrogen-bond donors (Lipinski definition) is 1. The van der Waals surface area contributed by atoms with Gasteiger partial charge in [0, 0.05) is 18.7 Å². The summed E-state index contributed by atoms with van der Waals surface area (Å²) in [5, 5.41) is 2.92. The molecule has 0 spiro atoms. The van der Waals surface area contributed by atoms with Gasteiger partial charge in [-0.1, -0.05) is 20.8 Å². The molecule has 1 N–H and O–H groups in total. The maximum Gasteiger partial charge on any atom is 0.251 e. The lowest BCUT2D eigenvalue weighted by Gasteiger charge is -2.29. The lowest BCUT2D eigenvalue weighted by atomic mass is 9.96. The fraction of sp³-hybridized carbons (Fsp3) is 0.562. The SMILES string of the molecule is CC(C)(C)CNC(=O)c1ccc2c(c1)CCCN2S(C)(=O)=O. The van der Waals surface area contributed by atoms with Crippen LogP contribution in [0.1, 0.15) is 43.1 Å². The normalized spacial score (nSPS) is 15.4. The Bertz CT molecular complexity index is 675. The lowest BCUT2D eigenvalue weighted by molar-refractivity contribution is 0.0939.